The monoisotopic (exact) mass is 1150 g/mol. The van der Waals surface area contributed by atoms with E-state index >= 15 is 0 Å². The topological polar surface area (TPSA) is 56.7 Å². The molecule has 7 heteroatoms. The van der Waals surface area contributed by atoms with E-state index in [9.17, 15) is 0 Å². The summed E-state index contributed by atoms with van der Waals surface area (Å²) in [5.74, 6) is 1.12. The van der Waals surface area contributed by atoms with Crippen molar-refractivity contribution in [3.8, 4) is 50.7 Å². The first-order valence-corrected chi connectivity index (χ1v) is 28.6. The molecule has 11 rings (SSSR count). The Morgan fingerprint density at radius 2 is 1.51 bits per heavy atom. The number of furan rings is 1. The number of rotatable bonds is 10. The van der Waals surface area contributed by atoms with Crippen LogP contribution >= 0.6 is 0 Å². The van der Waals surface area contributed by atoms with Gasteiger partial charge in [-0.1, -0.05) is 151 Å². The minimum Gasteiger partial charge on any atom is -0.486 e. The molecule has 1 aliphatic rings. The van der Waals surface area contributed by atoms with Crippen LogP contribution in [0, 0.1) is 24.9 Å². The minimum atomic E-state index is -2.56. The van der Waals surface area contributed by atoms with Gasteiger partial charge in [0.25, 0.3) is 0 Å². The number of hydrogen-bond donors (Lipinski definition) is 0. The fourth-order valence-electron chi connectivity index (χ4n) is 10.1. The van der Waals surface area contributed by atoms with Gasteiger partial charge in [-0.2, -0.15) is 0 Å². The minimum absolute atomic E-state index is 0. The van der Waals surface area contributed by atoms with Gasteiger partial charge >= 0.3 is 0 Å². The van der Waals surface area contributed by atoms with Crippen LogP contribution in [0.2, 0.25) is 19.6 Å². The Balaban J connectivity index is 0.000000223. The van der Waals surface area contributed by atoms with Gasteiger partial charge in [0.15, 0.2) is 0 Å². The summed E-state index contributed by atoms with van der Waals surface area (Å²) in [5, 5.41) is 2.95. The van der Waals surface area contributed by atoms with Crippen molar-refractivity contribution < 1.29 is 34.1 Å². The molecule has 0 aliphatic heterocycles. The Morgan fingerprint density at radius 3 is 2.24 bits per heavy atom. The molecule has 0 amide bonds. The summed E-state index contributed by atoms with van der Waals surface area (Å²) in [4.78, 5) is 14.9. The van der Waals surface area contributed by atoms with Gasteiger partial charge in [-0.05, 0) is 130 Å². The first-order valence-electron chi connectivity index (χ1n) is 28.6. The van der Waals surface area contributed by atoms with Gasteiger partial charge in [0.05, 0.1) is 36.2 Å². The van der Waals surface area contributed by atoms with Gasteiger partial charge in [0, 0.05) is 52.5 Å². The predicted octanol–water partition coefficient (Wildman–Crippen LogP) is 16.8. The second-order valence-electron chi connectivity index (χ2n) is 20.8. The first-order chi connectivity index (χ1) is 37.0. The van der Waals surface area contributed by atoms with Crippen molar-refractivity contribution >= 4 is 46.4 Å². The number of pyridine rings is 2. The van der Waals surface area contributed by atoms with E-state index in [1.165, 1.54) is 63.5 Å². The van der Waals surface area contributed by atoms with Crippen LogP contribution in [-0.2, 0) is 39.3 Å². The van der Waals surface area contributed by atoms with E-state index < -0.39 is 21.3 Å². The standard InChI is InChI=1S/C46H40N3O.C19H26NSi.Ir/c1-28(2)38-26-32(30-14-6-5-7-15-30)27-39(29(3)4)43(38)49-42-23-11-10-22-41(42)47-45(49)37-21-13-20-35-36-24-25-40(48-46(36)50-44(35)37)34-19-12-17-31-16-8-9-18-33(31)34;1-14(2)11-17-12-18(16-9-7-15(3)8-10-16)20-13-19(17)21(4,5)6;/h5-7,10-15,17,19-20,22-29H,8-9,16,18H2,1-4H3;7-9,12-14H,11H2,1-6H3;/q2*-1;/i;3D3,7D,8D,11D2;. The van der Waals surface area contributed by atoms with Crippen molar-refractivity contribution in [2.24, 2.45) is 5.92 Å². The second kappa shape index (κ2) is 21.1. The summed E-state index contributed by atoms with van der Waals surface area (Å²) in [6.07, 6.45) is 4.84. The van der Waals surface area contributed by atoms with E-state index in [2.05, 4.69) is 172 Å². The molecule has 0 saturated heterocycles. The summed E-state index contributed by atoms with van der Waals surface area (Å²) in [5.41, 5.74) is 16.5. The van der Waals surface area contributed by atoms with E-state index in [4.69, 9.17) is 24.0 Å². The molecule has 0 N–H and O–H groups in total. The van der Waals surface area contributed by atoms with Crippen LogP contribution in [0.25, 0.3) is 83.8 Å². The maximum absolute atomic E-state index is 8.60. The molecular weight excluding hydrogens is 1070 g/mol. The molecule has 0 unspecified atom stereocenters. The molecule has 0 saturated carbocycles. The van der Waals surface area contributed by atoms with E-state index in [1.807, 2.05) is 19.9 Å². The predicted molar refractivity (Wildman–Crippen MR) is 301 cm³/mol. The molecule has 1 radical (unpaired) electrons. The number of benzene rings is 6. The van der Waals surface area contributed by atoms with Gasteiger partial charge < -0.3 is 14.0 Å². The smallest absolute Gasteiger partial charge is 0.216 e. The number of imidazole rings is 1. The largest absolute Gasteiger partial charge is 0.486 e. The van der Waals surface area contributed by atoms with Gasteiger partial charge in [0.2, 0.25) is 5.71 Å². The zero-order chi connectivity index (χ0) is 55.6. The molecule has 4 aromatic heterocycles. The molecule has 367 valence electrons. The second-order valence-corrected chi connectivity index (χ2v) is 25.9. The van der Waals surface area contributed by atoms with Gasteiger partial charge in [0.1, 0.15) is 0 Å². The quantitative estimate of drug-likeness (QED) is 0.101. The van der Waals surface area contributed by atoms with Crippen molar-refractivity contribution in [2.45, 2.75) is 112 Å². The molecule has 0 bridgehead atoms. The summed E-state index contributed by atoms with van der Waals surface area (Å²) in [7, 11) is -1.87. The van der Waals surface area contributed by atoms with Crippen molar-refractivity contribution in [3.05, 3.63) is 185 Å². The number of fused-ring (bicyclic) bond motifs is 5. The Kier molecular flexibility index (Phi) is 12.4. The number of aromatic nitrogens is 4. The van der Waals surface area contributed by atoms with E-state index in [0.29, 0.717) is 22.5 Å². The Bertz CT molecular complexity index is 3840. The number of aryl methyl sites for hydroxylation is 1. The first kappa shape index (κ1) is 42.3. The van der Waals surface area contributed by atoms with E-state index in [1.54, 1.807) is 12.3 Å². The van der Waals surface area contributed by atoms with E-state index in [0.717, 1.165) is 62.5 Å². The molecular formula is C65H66IrN4OSi-2. The third-order valence-electron chi connectivity index (χ3n) is 13.6. The number of nitrogens with zero attached hydrogens (tertiary/aromatic N) is 4. The molecule has 0 atom stereocenters. The third kappa shape index (κ3) is 10.1. The van der Waals surface area contributed by atoms with Gasteiger partial charge in [-0.15, -0.1) is 53.5 Å². The molecule has 1 aliphatic carbocycles. The third-order valence-corrected chi connectivity index (χ3v) is 15.6. The van der Waals surface area contributed by atoms with Crippen molar-refractivity contribution in [1.82, 2.24) is 19.5 Å². The van der Waals surface area contributed by atoms with Crippen molar-refractivity contribution in [1.29, 1.82) is 0 Å². The fourth-order valence-corrected chi connectivity index (χ4v) is 11.5. The maximum atomic E-state index is 8.60. The number of hydrogen-bond acceptors (Lipinski definition) is 4. The molecule has 72 heavy (non-hydrogen) atoms. The van der Waals surface area contributed by atoms with Crippen molar-refractivity contribution in [2.75, 3.05) is 0 Å². The van der Waals surface area contributed by atoms with E-state index in [-0.39, 0.29) is 55.5 Å². The van der Waals surface area contributed by atoms with Crippen molar-refractivity contribution in [3.63, 3.8) is 0 Å². The van der Waals surface area contributed by atoms with Crippen LogP contribution in [0.4, 0.5) is 0 Å². The zero-order valence-corrected chi connectivity index (χ0v) is 46.1. The Morgan fingerprint density at radius 1 is 0.764 bits per heavy atom. The number of para-hydroxylation sites is 2. The molecule has 5 nitrogen and oxygen atoms in total. The summed E-state index contributed by atoms with van der Waals surface area (Å²) < 4.78 is 64.9. The van der Waals surface area contributed by atoms with Crippen LogP contribution in [0.3, 0.4) is 0 Å². The van der Waals surface area contributed by atoms with Crippen LogP contribution in [0.15, 0.2) is 144 Å². The Labute approximate surface area is 451 Å². The SMILES string of the molecule is CC(C)c1cc(-c2ccccc2)cc(C(C)C)c1-n1c(-c2[c-]ccc3c2oc2nc(-c4cccc5c4CCCC5)ccc23)nc2ccccc21.[2H]c1[c-]c(-c2cc(C([2H])([2H])C(C)C)c([Si](C)(C)C)cn2)cc([2H])c1C([2H])([2H])[2H].[Ir]. The van der Waals surface area contributed by atoms with Crippen LogP contribution in [-0.4, -0.2) is 27.6 Å². The zero-order valence-electron chi connectivity index (χ0n) is 49.7. The summed E-state index contributed by atoms with van der Waals surface area (Å²) in [6.45, 7) is 16.6. The molecule has 10 aromatic rings. The molecule has 6 aromatic carbocycles. The molecule has 4 heterocycles. The Hall–Kier alpha value is -6.24. The summed E-state index contributed by atoms with van der Waals surface area (Å²) >= 11 is 0. The average molecular weight is 1150 g/mol. The molecule has 0 fully saturated rings. The van der Waals surface area contributed by atoms with Gasteiger partial charge in [-0.3, -0.25) is 4.98 Å². The van der Waals surface area contributed by atoms with Gasteiger partial charge in [-0.25, -0.2) is 4.98 Å². The average Bonchev–Trinajstić information content (AvgIpc) is 4.17. The van der Waals surface area contributed by atoms with Crippen LogP contribution in [0.5, 0.6) is 0 Å². The summed E-state index contributed by atoms with van der Waals surface area (Å²) in [6, 6.07) is 47.7. The normalized spacial score (nSPS) is 14.5. The molecule has 0 spiro atoms. The fraction of sp³-hybridized carbons (Fsp3) is 0.277. The van der Waals surface area contributed by atoms with Crippen LogP contribution < -0.4 is 5.19 Å². The van der Waals surface area contributed by atoms with Crippen LogP contribution in [0.1, 0.15) is 109 Å². The maximum Gasteiger partial charge on any atom is 0.216 e.